The van der Waals surface area contributed by atoms with Crippen LogP contribution in [0, 0.1) is 0 Å². The fourth-order valence-electron chi connectivity index (χ4n) is 4.48. The molecule has 0 bridgehead atoms. The molecule has 2 fully saturated rings. The van der Waals surface area contributed by atoms with Gasteiger partial charge in [-0.25, -0.2) is 17.9 Å². The fourth-order valence-corrected chi connectivity index (χ4v) is 5.31. The Morgan fingerprint density at radius 3 is 2.59 bits per heavy atom. The van der Waals surface area contributed by atoms with E-state index in [0.29, 0.717) is 18.8 Å². The zero-order valence-electron chi connectivity index (χ0n) is 19.7. The lowest BCUT2D eigenvalue weighted by atomic mass is 9.83. The lowest BCUT2D eigenvalue weighted by Crippen LogP contribution is -2.59. The summed E-state index contributed by atoms with van der Waals surface area (Å²) in [5.74, 6) is 0.496. The van der Waals surface area contributed by atoms with Crippen LogP contribution in [0.15, 0.2) is 30.3 Å². The molecule has 0 aromatic heterocycles. The maximum atomic E-state index is 12.5. The Labute approximate surface area is 178 Å². The molecule has 1 aromatic rings. The number of amides is 1. The largest absolute Gasteiger partial charge is 0.453 e. The van der Waals surface area contributed by atoms with Crippen LogP contribution in [0.5, 0.6) is 0 Å². The minimum atomic E-state index is -3.52. The van der Waals surface area contributed by atoms with E-state index in [-0.39, 0.29) is 19.3 Å². The van der Waals surface area contributed by atoms with Crippen LogP contribution >= 0.6 is 0 Å². The quantitative estimate of drug-likeness (QED) is 0.755. The smallest absolute Gasteiger partial charge is 0.409 e. The topological polar surface area (TPSA) is 84.9 Å². The second-order valence-electron chi connectivity index (χ2n) is 7.99. The predicted molar refractivity (Wildman–Crippen MR) is 111 cm³/mol. The van der Waals surface area contributed by atoms with E-state index in [1.54, 1.807) is 0 Å². The normalized spacial score (nSPS) is 30.1. The Kier molecular flexibility index (Phi) is 6.20. The number of benzene rings is 1. The summed E-state index contributed by atoms with van der Waals surface area (Å²) >= 11 is 0. The lowest BCUT2D eigenvalue weighted by Gasteiger charge is -2.41. The summed E-state index contributed by atoms with van der Waals surface area (Å²) in [6.07, 6.45) is 4.88. The second-order valence-corrected chi connectivity index (χ2v) is 9.77. The second kappa shape index (κ2) is 9.91. The minimum absolute atomic E-state index is 0.0104. The number of sulfonamides is 1. The highest BCUT2D eigenvalue weighted by molar-refractivity contribution is 7.88. The summed E-state index contributed by atoms with van der Waals surface area (Å²) < 4.78 is 58.6. The van der Waals surface area contributed by atoms with Gasteiger partial charge >= 0.3 is 6.09 Å². The molecule has 2 aliphatic rings. The molecular weight excluding hydrogens is 392 g/mol. The molecule has 1 saturated carbocycles. The Bertz CT molecular complexity index is 858. The zero-order valence-corrected chi connectivity index (χ0v) is 17.6. The number of piperidine rings is 1. The van der Waals surface area contributed by atoms with Crippen molar-refractivity contribution in [1.29, 1.82) is 0 Å². The van der Waals surface area contributed by atoms with E-state index in [9.17, 15) is 13.2 Å². The number of nitrogens with zero attached hydrogens (tertiary/aromatic N) is 1. The van der Waals surface area contributed by atoms with E-state index < -0.39 is 35.2 Å². The van der Waals surface area contributed by atoms with Crippen molar-refractivity contribution in [2.45, 2.75) is 62.6 Å². The summed E-state index contributed by atoms with van der Waals surface area (Å²) in [6, 6.07) is 9.18. The molecule has 29 heavy (non-hydrogen) atoms. The molecule has 0 spiro atoms. The van der Waals surface area contributed by atoms with Crippen LogP contribution in [0.1, 0.15) is 54.1 Å². The Balaban J connectivity index is 1.63. The summed E-state index contributed by atoms with van der Waals surface area (Å²) in [5.41, 5.74) is 1.33. The van der Waals surface area contributed by atoms with Crippen LogP contribution in [-0.4, -0.2) is 64.0 Å². The molecule has 162 valence electrons. The van der Waals surface area contributed by atoms with Crippen molar-refractivity contribution in [2.75, 3.05) is 26.4 Å². The van der Waals surface area contributed by atoms with Gasteiger partial charge in [-0.15, -0.1) is 0 Å². The number of methoxy groups -OCH3 is 1. The standard InChI is InChI=1S/C21H32N2O5S/c1-27-21(24)23-14-6-9-19(22-29(2,25)26)20(23)15-28-18-12-10-17(11-13-18)16-7-4-3-5-8-16/h3-5,7-8,17-20,22H,6,9-15H2,1-2H3/t17-,18+,19-,20-/m0/s1/i1D3. The molecule has 1 heterocycles. The highest BCUT2D eigenvalue weighted by atomic mass is 32.2. The predicted octanol–water partition coefficient (Wildman–Crippen LogP) is 2.88. The molecule has 3 rings (SSSR count). The molecule has 2 atom stereocenters. The number of hydrogen-bond donors (Lipinski definition) is 1. The van der Waals surface area contributed by atoms with Gasteiger partial charge in [-0.3, -0.25) is 0 Å². The first-order valence-corrected chi connectivity index (χ1v) is 12.0. The van der Waals surface area contributed by atoms with Crippen LogP contribution in [0.4, 0.5) is 4.79 Å². The van der Waals surface area contributed by atoms with Crippen molar-refractivity contribution in [3.05, 3.63) is 35.9 Å². The van der Waals surface area contributed by atoms with Crippen molar-refractivity contribution in [3.63, 3.8) is 0 Å². The third-order valence-corrected chi connectivity index (χ3v) is 6.64. The molecule has 1 saturated heterocycles. The summed E-state index contributed by atoms with van der Waals surface area (Å²) in [5, 5.41) is 0. The third kappa shape index (κ3) is 6.17. The zero-order chi connectivity index (χ0) is 23.4. The van der Waals surface area contributed by atoms with Gasteiger partial charge in [0.25, 0.3) is 0 Å². The molecule has 7 nitrogen and oxygen atoms in total. The van der Waals surface area contributed by atoms with Gasteiger partial charge in [0.15, 0.2) is 0 Å². The van der Waals surface area contributed by atoms with Crippen molar-refractivity contribution in [1.82, 2.24) is 9.62 Å². The average Bonchev–Trinajstić information content (AvgIpc) is 2.71. The van der Waals surface area contributed by atoms with E-state index >= 15 is 0 Å². The number of rotatable bonds is 6. The molecule has 8 heteroatoms. The average molecular weight is 428 g/mol. The van der Waals surface area contributed by atoms with Gasteiger partial charge in [0, 0.05) is 12.6 Å². The molecule has 0 radical (unpaired) electrons. The first kappa shape index (κ1) is 18.2. The maximum absolute atomic E-state index is 12.5. The number of hydrogen-bond acceptors (Lipinski definition) is 5. The molecule has 1 amide bonds. The first-order valence-electron chi connectivity index (χ1n) is 11.7. The van der Waals surface area contributed by atoms with Gasteiger partial charge in [0.2, 0.25) is 10.0 Å². The van der Waals surface area contributed by atoms with Crippen molar-refractivity contribution < 1.29 is 26.8 Å². The monoisotopic (exact) mass is 427 g/mol. The van der Waals surface area contributed by atoms with Crippen molar-refractivity contribution in [3.8, 4) is 0 Å². The lowest BCUT2D eigenvalue weighted by molar-refractivity contribution is -0.0245. The van der Waals surface area contributed by atoms with Crippen LogP contribution in [0.25, 0.3) is 0 Å². The van der Waals surface area contributed by atoms with Gasteiger partial charge in [-0.2, -0.15) is 0 Å². The highest BCUT2D eigenvalue weighted by Crippen LogP contribution is 2.34. The number of carbonyl (C=O) groups excluding carboxylic acids is 1. The van der Waals surface area contributed by atoms with Crippen LogP contribution < -0.4 is 4.72 Å². The van der Waals surface area contributed by atoms with Crippen LogP contribution in [-0.2, 0) is 19.5 Å². The third-order valence-electron chi connectivity index (χ3n) is 5.91. The van der Waals surface area contributed by atoms with E-state index in [2.05, 4.69) is 21.6 Å². The number of likely N-dealkylation sites (tertiary alicyclic amines) is 1. The Hall–Kier alpha value is -1.64. The summed E-state index contributed by atoms with van der Waals surface area (Å²) in [4.78, 5) is 13.8. The minimum Gasteiger partial charge on any atom is -0.453 e. The molecular formula is C21H32N2O5S. The highest BCUT2D eigenvalue weighted by Gasteiger charge is 2.37. The number of nitrogens with one attached hydrogen (secondary N) is 1. The SMILES string of the molecule is [2H]C([2H])([2H])OC(=O)N1CCC[C@H](NS(C)(=O)=O)[C@@H]1CO[C@H]1CC[C@@H](c2ccccc2)CC1. The molecule has 1 aliphatic heterocycles. The number of carbonyl (C=O) groups is 1. The number of ether oxygens (including phenoxy) is 2. The molecule has 1 N–H and O–H groups in total. The van der Waals surface area contributed by atoms with Crippen molar-refractivity contribution in [2.24, 2.45) is 0 Å². The van der Waals surface area contributed by atoms with E-state index in [1.807, 2.05) is 18.2 Å². The molecule has 0 unspecified atom stereocenters. The van der Waals surface area contributed by atoms with Crippen LogP contribution in [0.3, 0.4) is 0 Å². The molecule has 1 aromatic carbocycles. The van der Waals surface area contributed by atoms with Gasteiger partial charge < -0.3 is 14.4 Å². The van der Waals surface area contributed by atoms with Gasteiger partial charge in [-0.05, 0) is 50.0 Å². The van der Waals surface area contributed by atoms with E-state index in [4.69, 9.17) is 8.85 Å². The van der Waals surface area contributed by atoms with E-state index in [1.165, 1.54) is 10.5 Å². The van der Waals surface area contributed by atoms with Gasteiger partial charge in [0.1, 0.15) is 0 Å². The van der Waals surface area contributed by atoms with Crippen molar-refractivity contribution >= 4 is 16.1 Å². The molecule has 1 aliphatic carbocycles. The Morgan fingerprint density at radius 1 is 1.21 bits per heavy atom. The summed E-state index contributed by atoms with van der Waals surface area (Å²) in [7, 11) is -6.38. The van der Waals surface area contributed by atoms with Crippen LogP contribution in [0.2, 0.25) is 0 Å². The Morgan fingerprint density at radius 2 is 1.93 bits per heavy atom. The first-order chi connectivity index (χ1) is 15.0. The van der Waals surface area contributed by atoms with E-state index in [0.717, 1.165) is 31.9 Å². The summed E-state index contributed by atoms with van der Waals surface area (Å²) in [6.45, 7) is 0.398. The maximum Gasteiger partial charge on any atom is 0.409 e. The fraction of sp³-hybridized carbons (Fsp3) is 0.667. The van der Waals surface area contributed by atoms with Gasteiger partial charge in [-0.1, -0.05) is 30.3 Å². The van der Waals surface area contributed by atoms with Gasteiger partial charge in [0.05, 0.1) is 36.2 Å².